The first-order chi connectivity index (χ1) is 7.74. The molecule has 3 heteroatoms. The van der Waals surface area contributed by atoms with Crippen molar-refractivity contribution in [3.05, 3.63) is 21.9 Å². The van der Waals surface area contributed by atoms with E-state index in [1.54, 1.807) is 11.3 Å². The van der Waals surface area contributed by atoms with Crippen LogP contribution >= 0.6 is 11.3 Å². The van der Waals surface area contributed by atoms with E-state index < -0.39 is 0 Å². The Morgan fingerprint density at radius 2 is 2.19 bits per heavy atom. The maximum atomic E-state index is 11.9. The lowest BCUT2D eigenvalue weighted by atomic mass is 10.0. The van der Waals surface area contributed by atoms with Crippen molar-refractivity contribution in [2.75, 3.05) is 0 Å². The van der Waals surface area contributed by atoms with Crippen LogP contribution in [0.5, 0.6) is 0 Å². The van der Waals surface area contributed by atoms with Gasteiger partial charge in [0.1, 0.15) is 0 Å². The minimum atomic E-state index is 0.278. The van der Waals surface area contributed by atoms with Crippen LogP contribution in [0, 0.1) is 24.7 Å². The number of hydrogen-bond acceptors (Lipinski definition) is 2. The SMILES string of the molecule is Cc1ccsc1CNC(=O)C1CC2CC2C1. The van der Waals surface area contributed by atoms with Crippen molar-refractivity contribution in [1.29, 1.82) is 0 Å². The van der Waals surface area contributed by atoms with Gasteiger partial charge in [-0.25, -0.2) is 0 Å². The zero-order chi connectivity index (χ0) is 11.1. The number of rotatable bonds is 3. The lowest BCUT2D eigenvalue weighted by molar-refractivity contribution is -0.125. The second-order valence-corrected chi connectivity index (χ2v) is 6.17. The summed E-state index contributed by atoms with van der Waals surface area (Å²) in [6, 6.07) is 2.11. The Balaban J connectivity index is 1.51. The first-order valence-corrected chi connectivity index (χ1v) is 6.92. The van der Waals surface area contributed by atoms with Crippen molar-refractivity contribution in [3.8, 4) is 0 Å². The number of aryl methyl sites for hydroxylation is 1. The van der Waals surface area contributed by atoms with Crippen LogP contribution in [-0.2, 0) is 11.3 Å². The molecule has 1 aromatic heterocycles. The van der Waals surface area contributed by atoms with Gasteiger partial charge in [0.2, 0.25) is 5.91 Å². The van der Waals surface area contributed by atoms with E-state index in [0.717, 1.165) is 24.7 Å². The van der Waals surface area contributed by atoms with Gasteiger partial charge in [-0.1, -0.05) is 0 Å². The van der Waals surface area contributed by atoms with Crippen LogP contribution in [0.4, 0.5) is 0 Å². The Morgan fingerprint density at radius 3 is 2.81 bits per heavy atom. The summed E-state index contributed by atoms with van der Waals surface area (Å²) in [4.78, 5) is 13.2. The standard InChI is InChI=1S/C13H17NOS/c1-8-2-3-16-12(8)7-14-13(15)11-5-9-4-10(9)6-11/h2-3,9-11H,4-7H2,1H3,(H,14,15). The molecule has 2 nitrogen and oxygen atoms in total. The Bertz CT molecular complexity index is 402. The summed E-state index contributed by atoms with van der Waals surface area (Å²) in [5, 5.41) is 5.17. The van der Waals surface area contributed by atoms with Crippen molar-refractivity contribution in [1.82, 2.24) is 5.32 Å². The number of carbonyl (C=O) groups is 1. The topological polar surface area (TPSA) is 29.1 Å². The third kappa shape index (κ3) is 1.88. The number of thiophene rings is 1. The molecule has 0 spiro atoms. The summed E-state index contributed by atoms with van der Waals surface area (Å²) in [7, 11) is 0. The highest BCUT2D eigenvalue weighted by Gasteiger charge is 2.47. The van der Waals surface area contributed by atoms with Crippen LogP contribution < -0.4 is 5.32 Å². The third-order valence-electron chi connectivity index (χ3n) is 4.01. The number of amides is 1. The van der Waals surface area contributed by atoms with Crippen molar-refractivity contribution < 1.29 is 4.79 Å². The summed E-state index contributed by atoms with van der Waals surface area (Å²) in [6.45, 7) is 2.82. The molecule has 0 radical (unpaired) electrons. The lowest BCUT2D eigenvalue weighted by Gasteiger charge is -2.11. The van der Waals surface area contributed by atoms with Crippen LogP contribution in [0.2, 0.25) is 0 Å². The molecule has 2 saturated carbocycles. The van der Waals surface area contributed by atoms with E-state index in [1.165, 1.54) is 16.9 Å². The summed E-state index contributed by atoms with van der Waals surface area (Å²) in [6.07, 6.45) is 3.66. The van der Waals surface area contributed by atoms with Crippen LogP contribution in [0.3, 0.4) is 0 Å². The number of carbonyl (C=O) groups excluding carboxylic acids is 1. The van der Waals surface area contributed by atoms with Gasteiger partial charge in [-0.3, -0.25) is 4.79 Å². The molecule has 3 rings (SSSR count). The molecule has 2 fully saturated rings. The molecule has 1 N–H and O–H groups in total. The van der Waals surface area contributed by atoms with Gasteiger partial charge in [-0.2, -0.15) is 0 Å². The van der Waals surface area contributed by atoms with E-state index in [9.17, 15) is 4.79 Å². The van der Waals surface area contributed by atoms with E-state index in [1.807, 2.05) is 0 Å². The number of fused-ring (bicyclic) bond motifs is 1. The highest BCUT2D eigenvalue weighted by molar-refractivity contribution is 7.10. The molecule has 86 valence electrons. The Labute approximate surface area is 100 Å². The molecule has 0 aliphatic heterocycles. The van der Waals surface area contributed by atoms with Gasteiger partial charge >= 0.3 is 0 Å². The maximum Gasteiger partial charge on any atom is 0.223 e. The fourth-order valence-corrected chi connectivity index (χ4v) is 3.67. The molecule has 2 aliphatic rings. The van der Waals surface area contributed by atoms with E-state index in [-0.39, 0.29) is 5.91 Å². The van der Waals surface area contributed by atoms with Crippen LogP contribution in [0.15, 0.2) is 11.4 Å². The van der Waals surface area contributed by atoms with Crippen LogP contribution in [0.25, 0.3) is 0 Å². The van der Waals surface area contributed by atoms with E-state index >= 15 is 0 Å². The van der Waals surface area contributed by atoms with Gasteiger partial charge in [0, 0.05) is 10.8 Å². The van der Waals surface area contributed by atoms with Crippen molar-refractivity contribution in [2.24, 2.45) is 17.8 Å². The summed E-state index contributed by atoms with van der Waals surface area (Å²) in [5.74, 6) is 2.36. The molecule has 2 atom stereocenters. The molecule has 16 heavy (non-hydrogen) atoms. The predicted octanol–water partition coefficient (Wildman–Crippen LogP) is 2.72. The average molecular weight is 235 g/mol. The van der Waals surface area contributed by atoms with E-state index in [2.05, 4.69) is 23.7 Å². The minimum absolute atomic E-state index is 0.278. The van der Waals surface area contributed by atoms with Gasteiger partial charge in [0.05, 0.1) is 6.54 Å². The van der Waals surface area contributed by atoms with Gasteiger partial charge < -0.3 is 5.32 Å². The van der Waals surface area contributed by atoms with Gasteiger partial charge in [-0.15, -0.1) is 11.3 Å². The quantitative estimate of drug-likeness (QED) is 0.857. The van der Waals surface area contributed by atoms with Crippen LogP contribution in [-0.4, -0.2) is 5.91 Å². The highest BCUT2D eigenvalue weighted by Crippen LogP contribution is 2.54. The molecule has 0 aromatic carbocycles. The zero-order valence-corrected chi connectivity index (χ0v) is 10.3. The Morgan fingerprint density at radius 1 is 1.44 bits per heavy atom. The Hall–Kier alpha value is -0.830. The van der Waals surface area contributed by atoms with Crippen molar-refractivity contribution in [2.45, 2.75) is 32.7 Å². The molecular formula is C13H17NOS. The largest absolute Gasteiger partial charge is 0.351 e. The van der Waals surface area contributed by atoms with E-state index in [0.29, 0.717) is 12.5 Å². The molecular weight excluding hydrogens is 218 g/mol. The highest BCUT2D eigenvalue weighted by atomic mass is 32.1. The summed E-state index contributed by atoms with van der Waals surface area (Å²) >= 11 is 1.73. The fraction of sp³-hybridized carbons (Fsp3) is 0.615. The minimum Gasteiger partial charge on any atom is -0.351 e. The average Bonchev–Trinajstić information content (AvgIpc) is 2.71. The van der Waals surface area contributed by atoms with Gasteiger partial charge in [0.25, 0.3) is 0 Å². The molecule has 0 saturated heterocycles. The predicted molar refractivity (Wildman–Crippen MR) is 65.2 cm³/mol. The normalized spacial score (nSPS) is 31.2. The third-order valence-corrected chi connectivity index (χ3v) is 5.03. The van der Waals surface area contributed by atoms with Crippen molar-refractivity contribution in [3.63, 3.8) is 0 Å². The fourth-order valence-electron chi connectivity index (χ4n) is 2.83. The summed E-state index contributed by atoms with van der Waals surface area (Å²) < 4.78 is 0. The molecule has 0 bridgehead atoms. The molecule has 2 unspecified atom stereocenters. The smallest absolute Gasteiger partial charge is 0.223 e. The van der Waals surface area contributed by atoms with Crippen LogP contribution in [0.1, 0.15) is 29.7 Å². The van der Waals surface area contributed by atoms with Gasteiger partial charge in [0.15, 0.2) is 0 Å². The van der Waals surface area contributed by atoms with E-state index in [4.69, 9.17) is 0 Å². The maximum absolute atomic E-state index is 11.9. The summed E-state index contributed by atoms with van der Waals surface area (Å²) in [5.41, 5.74) is 1.29. The second-order valence-electron chi connectivity index (χ2n) is 5.17. The molecule has 1 aromatic rings. The monoisotopic (exact) mass is 235 g/mol. The lowest BCUT2D eigenvalue weighted by Crippen LogP contribution is -2.29. The number of hydrogen-bond donors (Lipinski definition) is 1. The zero-order valence-electron chi connectivity index (χ0n) is 9.53. The molecule has 2 aliphatic carbocycles. The first kappa shape index (κ1) is 10.3. The van der Waals surface area contributed by atoms with Crippen molar-refractivity contribution >= 4 is 17.2 Å². The second kappa shape index (κ2) is 3.88. The molecule has 1 amide bonds. The molecule has 1 heterocycles. The first-order valence-electron chi connectivity index (χ1n) is 6.04. The number of nitrogens with one attached hydrogen (secondary N) is 1. The van der Waals surface area contributed by atoms with Gasteiger partial charge in [-0.05, 0) is 55.0 Å². The Kier molecular flexibility index (Phi) is 2.51.